The van der Waals surface area contributed by atoms with Gasteiger partial charge in [-0.1, -0.05) is 0 Å². The van der Waals surface area contributed by atoms with Gasteiger partial charge in [0.25, 0.3) is 0 Å². The molecule has 0 saturated carbocycles. The highest BCUT2D eigenvalue weighted by Gasteiger charge is 2.31. The molecule has 0 bridgehead atoms. The van der Waals surface area contributed by atoms with Crippen molar-refractivity contribution >= 4 is 12.2 Å². The Bertz CT molecular complexity index is 325. The molecule has 0 aromatic heterocycles. The Balaban J connectivity index is 2.51. The zero-order valence-corrected chi connectivity index (χ0v) is 11.5. The van der Waals surface area contributed by atoms with Crippen molar-refractivity contribution in [3.05, 3.63) is 0 Å². The number of likely N-dealkylation sites (N-methyl/N-ethyl adjacent to an activating group) is 1. The Morgan fingerprint density at radius 1 is 1.44 bits per heavy atom. The SMILES string of the molecule is CN(C[C@H]1CCCN1C(=O)O)C(=O)OC(C)(C)C. The van der Waals surface area contributed by atoms with E-state index in [1.54, 1.807) is 27.8 Å². The molecule has 0 aromatic carbocycles. The van der Waals surface area contributed by atoms with Crippen LogP contribution < -0.4 is 0 Å². The lowest BCUT2D eigenvalue weighted by atomic mass is 10.2. The highest BCUT2D eigenvalue weighted by Crippen LogP contribution is 2.18. The van der Waals surface area contributed by atoms with E-state index in [2.05, 4.69) is 0 Å². The van der Waals surface area contributed by atoms with Crippen LogP contribution in [0.4, 0.5) is 9.59 Å². The molecule has 1 N–H and O–H groups in total. The van der Waals surface area contributed by atoms with E-state index >= 15 is 0 Å². The van der Waals surface area contributed by atoms with Crippen LogP contribution in [0.5, 0.6) is 0 Å². The quantitative estimate of drug-likeness (QED) is 0.822. The van der Waals surface area contributed by atoms with Crippen LogP contribution >= 0.6 is 0 Å². The third-order valence-electron chi connectivity index (χ3n) is 2.81. The molecule has 0 radical (unpaired) electrons. The van der Waals surface area contributed by atoms with Crippen LogP contribution in [0.1, 0.15) is 33.6 Å². The maximum Gasteiger partial charge on any atom is 0.410 e. The zero-order valence-electron chi connectivity index (χ0n) is 11.5. The molecule has 0 unspecified atom stereocenters. The summed E-state index contributed by atoms with van der Waals surface area (Å²) in [7, 11) is 1.63. The number of carboxylic acid groups (broad SMARTS) is 1. The molecule has 0 aliphatic carbocycles. The van der Waals surface area contributed by atoms with Gasteiger partial charge in [0.15, 0.2) is 0 Å². The van der Waals surface area contributed by atoms with E-state index in [9.17, 15) is 9.59 Å². The molecular formula is C12H22N2O4. The highest BCUT2D eigenvalue weighted by molar-refractivity contribution is 5.68. The second-order valence-corrected chi connectivity index (χ2v) is 5.63. The third kappa shape index (κ3) is 4.09. The van der Waals surface area contributed by atoms with E-state index in [0.29, 0.717) is 13.1 Å². The monoisotopic (exact) mass is 258 g/mol. The van der Waals surface area contributed by atoms with Crippen molar-refractivity contribution < 1.29 is 19.4 Å². The van der Waals surface area contributed by atoms with Crippen molar-refractivity contribution in [1.82, 2.24) is 9.80 Å². The molecule has 6 nitrogen and oxygen atoms in total. The lowest BCUT2D eigenvalue weighted by molar-refractivity contribution is 0.0258. The molecule has 1 aliphatic rings. The largest absolute Gasteiger partial charge is 0.465 e. The van der Waals surface area contributed by atoms with E-state index in [1.807, 2.05) is 0 Å². The Morgan fingerprint density at radius 2 is 2.06 bits per heavy atom. The fourth-order valence-electron chi connectivity index (χ4n) is 2.01. The second-order valence-electron chi connectivity index (χ2n) is 5.63. The molecule has 18 heavy (non-hydrogen) atoms. The molecule has 2 amide bonds. The highest BCUT2D eigenvalue weighted by atomic mass is 16.6. The van der Waals surface area contributed by atoms with E-state index in [-0.39, 0.29) is 6.04 Å². The van der Waals surface area contributed by atoms with E-state index in [1.165, 1.54) is 9.80 Å². The summed E-state index contributed by atoms with van der Waals surface area (Å²) in [5, 5.41) is 9.01. The van der Waals surface area contributed by atoms with Crippen molar-refractivity contribution in [1.29, 1.82) is 0 Å². The Morgan fingerprint density at radius 3 is 2.56 bits per heavy atom. The first-order valence-electron chi connectivity index (χ1n) is 6.14. The van der Waals surface area contributed by atoms with E-state index in [0.717, 1.165) is 12.8 Å². The van der Waals surface area contributed by atoms with Crippen LogP contribution in [0.15, 0.2) is 0 Å². The van der Waals surface area contributed by atoms with Crippen molar-refractivity contribution in [2.24, 2.45) is 0 Å². The molecule has 1 atom stereocenters. The van der Waals surface area contributed by atoms with Crippen molar-refractivity contribution in [3.8, 4) is 0 Å². The Hall–Kier alpha value is -1.46. The first-order valence-corrected chi connectivity index (χ1v) is 6.14. The normalized spacial score (nSPS) is 19.8. The number of hydrogen-bond acceptors (Lipinski definition) is 3. The predicted molar refractivity (Wildman–Crippen MR) is 66.6 cm³/mol. The molecule has 1 saturated heterocycles. The van der Waals surface area contributed by atoms with Gasteiger partial charge < -0.3 is 19.6 Å². The van der Waals surface area contributed by atoms with Crippen LogP contribution in [0.3, 0.4) is 0 Å². The minimum atomic E-state index is -0.921. The number of rotatable bonds is 2. The number of carbonyl (C=O) groups is 2. The van der Waals surface area contributed by atoms with Gasteiger partial charge in [-0.25, -0.2) is 9.59 Å². The maximum absolute atomic E-state index is 11.8. The molecule has 1 rings (SSSR count). The van der Waals surface area contributed by atoms with Gasteiger partial charge in [0.2, 0.25) is 0 Å². The fourth-order valence-corrected chi connectivity index (χ4v) is 2.01. The fraction of sp³-hybridized carbons (Fsp3) is 0.833. The number of amides is 2. The molecule has 1 aliphatic heterocycles. The van der Waals surface area contributed by atoms with Crippen LogP contribution in [-0.4, -0.2) is 58.9 Å². The average molecular weight is 258 g/mol. The number of ether oxygens (including phenoxy) is 1. The van der Waals surface area contributed by atoms with Crippen molar-refractivity contribution in [2.45, 2.75) is 45.3 Å². The maximum atomic E-state index is 11.8. The summed E-state index contributed by atoms with van der Waals surface area (Å²) < 4.78 is 5.23. The predicted octanol–water partition coefficient (Wildman–Crippen LogP) is 2.00. The van der Waals surface area contributed by atoms with Gasteiger partial charge in [-0.3, -0.25) is 0 Å². The lowest BCUT2D eigenvalue weighted by Gasteiger charge is -2.29. The standard InChI is InChI=1S/C12H22N2O4/c1-12(2,3)18-11(17)13(4)8-9-6-5-7-14(9)10(15)16/h9H,5-8H2,1-4H3,(H,15,16)/t9-/m1/s1. The summed E-state index contributed by atoms with van der Waals surface area (Å²) in [5.41, 5.74) is -0.534. The van der Waals surface area contributed by atoms with E-state index < -0.39 is 17.8 Å². The Labute approximate surface area is 107 Å². The molecule has 6 heteroatoms. The summed E-state index contributed by atoms with van der Waals surface area (Å²) in [6, 6.07) is -0.125. The van der Waals surface area contributed by atoms with Crippen molar-refractivity contribution in [3.63, 3.8) is 0 Å². The summed E-state index contributed by atoms with van der Waals surface area (Å²) in [5.74, 6) is 0. The molecule has 0 aromatic rings. The van der Waals surface area contributed by atoms with Gasteiger partial charge in [0.05, 0.1) is 6.04 Å². The first-order chi connectivity index (χ1) is 8.20. The summed E-state index contributed by atoms with van der Waals surface area (Å²) in [6.07, 6.45) is 0.299. The van der Waals surface area contributed by atoms with Gasteiger partial charge in [0.1, 0.15) is 5.60 Å². The average Bonchev–Trinajstić information content (AvgIpc) is 2.62. The third-order valence-corrected chi connectivity index (χ3v) is 2.81. The van der Waals surface area contributed by atoms with Gasteiger partial charge in [-0.05, 0) is 33.6 Å². The first kappa shape index (κ1) is 14.6. The lowest BCUT2D eigenvalue weighted by Crippen LogP contribution is -2.44. The van der Waals surface area contributed by atoms with Crippen molar-refractivity contribution in [2.75, 3.05) is 20.1 Å². The number of carbonyl (C=O) groups excluding carboxylic acids is 1. The molecule has 1 heterocycles. The molecule has 1 fully saturated rings. The van der Waals surface area contributed by atoms with E-state index in [4.69, 9.17) is 9.84 Å². The van der Waals surface area contributed by atoms with Crippen LogP contribution in [-0.2, 0) is 4.74 Å². The number of likely N-dealkylation sites (tertiary alicyclic amines) is 1. The van der Waals surface area contributed by atoms with Crippen LogP contribution in [0.2, 0.25) is 0 Å². The second kappa shape index (κ2) is 5.46. The van der Waals surface area contributed by atoms with Gasteiger partial charge in [-0.15, -0.1) is 0 Å². The molecule has 104 valence electrons. The summed E-state index contributed by atoms with van der Waals surface area (Å²) in [6.45, 7) is 6.33. The van der Waals surface area contributed by atoms with Gasteiger partial charge >= 0.3 is 12.2 Å². The van der Waals surface area contributed by atoms with Gasteiger partial charge in [-0.2, -0.15) is 0 Å². The van der Waals surface area contributed by atoms with Gasteiger partial charge in [0, 0.05) is 20.1 Å². The minimum absolute atomic E-state index is 0.125. The zero-order chi connectivity index (χ0) is 13.9. The number of hydrogen-bond donors (Lipinski definition) is 1. The summed E-state index contributed by atoms with van der Waals surface area (Å²) >= 11 is 0. The molecule has 0 spiro atoms. The Kier molecular flexibility index (Phi) is 4.43. The smallest absolute Gasteiger partial charge is 0.410 e. The van der Waals surface area contributed by atoms with Crippen LogP contribution in [0.25, 0.3) is 0 Å². The summed E-state index contributed by atoms with van der Waals surface area (Å²) in [4.78, 5) is 25.6. The van der Waals surface area contributed by atoms with Crippen LogP contribution in [0, 0.1) is 0 Å². The topological polar surface area (TPSA) is 70.1 Å². The minimum Gasteiger partial charge on any atom is -0.465 e. The number of nitrogens with zero attached hydrogens (tertiary/aromatic N) is 2. The molecular weight excluding hydrogens is 236 g/mol.